The van der Waals surface area contributed by atoms with Gasteiger partial charge in [0.2, 0.25) is 0 Å². The molecule has 1 atom stereocenters. The summed E-state index contributed by atoms with van der Waals surface area (Å²) in [5.74, 6) is -2.95. The number of anilines is 1. The molecule has 0 saturated heterocycles. The molecular formula is C27H24F2N3O4S-. The molecule has 192 valence electrons. The number of benzene rings is 3. The number of aromatic nitrogens is 1. The van der Waals surface area contributed by atoms with Gasteiger partial charge in [0, 0.05) is 41.5 Å². The number of ether oxygens (including phenoxy) is 1. The van der Waals surface area contributed by atoms with Crippen LogP contribution in [0.2, 0.25) is 0 Å². The smallest absolute Gasteiger partial charge is 0.298 e. The van der Waals surface area contributed by atoms with E-state index in [-0.39, 0.29) is 28.4 Å². The standard InChI is InChI=1S/C27H25F2N3O4S/c1-18(2)17-35-25-13-22(27(28,29)21-6-4-5-19(11-21)16-30)12-24(14-25)32-10-9-20-7-8-23(15-26(20)32)31(3)36-37(33)34/h4-15,18H,17H2,1-3H3,(H,33,34)/p-1. The van der Waals surface area contributed by atoms with E-state index >= 15 is 8.78 Å². The molecule has 0 amide bonds. The van der Waals surface area contributed by atoms with Crippen LogP contribution < -0.4 is 9.80 Å². The number of nitriles is 1. The molecule has 0 bridgehead atoms. The highest BCUT2D eigenvalue weighted by molar-refractivity contribution is 7.74. The van der Waals surface area contributed by atoms with Crippen LogP contribution in [0.3, 0.4) is 0 Å². The van der Waals surface area contributed by atoms with E-state index in [1.54, 1.807) is 35.0 Å². The maximum absolute atomic E-state index is 15.8. The lowest BCUT2D eigenvalue weighted by Gasteiger charge is -2.21. The van der Waals surface area contributed by atoms with Crippen LogP contribution in [0.15, 0.2) is 72.9 Å². The largest absolute Gasteiger partial charge is 0.748 e. The molecule has 0 N–H and O–H groups in total. The van der Waals surface area contributed by atoms with Gasteiger partial charge in [-0.25, -0.2) is 9.27 Å². The highest BCUT2D eigenvalue weighted by Crippen LogP contribution is 2.39. The van der Waals surface area contributed by atoms with Crippen LogP contribution in [-0.4, -0.2) is 27.0 Å². The first-order valence-electron chi connectivity index (χ1n) is 11.4. The molecule has 7 nitrogen and oxygen atoms in total. The van der Waals surface area contributed by atoms with Crippen LogP contribution in [0.5, 0.6) is 5.75 Å². The molecule has 0 saturated carbocycles. The molecule has 0 aliphatic carbocycles. The maximum Gasteiger partial charge on any atom is 0.298 e. The third-order valence-corrected chi connectivity index (χ3v) is 6.03. The normalized spacial score (nSPS) is 12.5. The summed E-state index contributed by atoms with van der Waals surface area (Å²) >= 11 is -2.76. The Hall–Kier alpha value is -3.78. The van der Waals surface area contributed by atoms with Crippen LogP contribution >= 0.6 is 0 Å². The van der Waals surface area contributed by atoms with E-state index in [1.165, 1.54) is 43.4 Å². The van der Waals surface area contributed by atoms with Crippen molar-refractivity contribution in [1.82, 2.24) is 4.57 Å². The van der Waals surface area contributed by atoms with E-state index in [4.69, 9.17) is 9.02 Å². The molecule has 0 aliphatic rings. The zero-order chi connectivity index (χ0) is 26.7. The Morgan fingerprint density at radius 3 is 2.59 bits per heavy atom. The minimum atomic E-state index is -3.40. The summed E-state index contributed by atoms with van der Waals surface area (Å²) in [4.78, 5) is 0. The Balaban J connectivity index is 1.85. The zero-order valence-corrected chi connectivity index (χ0v) is 21.2. The van der Waals surface area contributed by atoms with Gasteiger partial charge in [0.05, 0.1) is 29.4 Å². The van der Waals surface area contributed by atoms with Gasteiger partial charge in [-0.15, -0.1) is 0 Å². The number of alkyl halides is 2. The van der Waals surface area contributed by atoms with Crippen molar-refractivity contribution in [2.45, 2.75) is 19.8 Å². The van der Waals surface area contributed by atoms with E-state index in [0.717, 1.165) is 10.4 Å². The Morgan fingerprint density at radius 1 is 1.11 bits per heavy atom. The number of halogens is 2. The number of hydrogen-bond donors (Lipinski definition) is 0. The van der Waals surface area contributed by atoms with Gasteiger partial charge in [-0.2, -0.15) is 18.3 Å². The van der Waals surface area contributed by atoms with Crippen LogP contribution in [-0.2, 0) is 21.6 Å². The molecule has 4 rings (SSSR count). The number of fused-ring (bicyclic) bond motifs is 1. The molecule has 0 fully saturated rings. The number of hydroxylamine groups is 1. The fourth-order valence-electron chi connectivity index (χ4n) is 3.87. The van der Waals surface area contributed by atoms with Crippen molar-refractivity contribution in [3.8, 4) is 17.5 Å². The van der Waals surface area contributed by atoms with Crippen molar-refractivity contribution >= 4 is 28.0 Å². The number of hydrogen-bond acceptors (Lipinski definition) is 6. The lowest BCUT2D eigenvalue weighted by Crippen LogP contribution is -2.19. The van der Waals surface area contributed by atoms with Gasteiger partial charge in [-0.1, -0.05) is 32.0 Å². The summed E-state index contributed by atoms with van der Waals surface area (Å²) in [5.41, 5.74) is 1.06. The predicted octanol–water partition coefficient (Wildman–Crippen LogP) is 5.84. The van der Waals surface area contributed by atoms with Crippen molar-refractivity contribution in [2.75, 3.05) is 18.7 Å². The van der Waals surface area contributed by atoms with E-state index in [2.05, 4.69) is 0 Å². The van der Waals surface area contributed by atoms with Gasteiger partial charge >= 0.3 is 0 Å². The molecule has 1 heterocycles. The average molecular weight is 525 g/mol. The van der Waals surface area contributed by atoms with Gasteiger partial charge in [0.25, 0.3) is 5.92 Å². The summed E-state index contributed by atoms with van der Waals surface area (Å²) in [6.45, 7) is 4.26. The minimum Gasteiger partial charge on any atom is -0.748 e. The van der Waals surface area contributed by atoms with Crippen LogP contribution in [0.1, 0.15) is 30.5 Å². The monoisotopic (exact) mass is 524 g/mol. The SMILES string of the molecule is CC(C)COc1cc(-n2ccc3ccc(N(C)OS(=O)[O-])cc32)cc(C(F)(F)c2cccc(C#N)c2)c1. The molecule has 1 unspecified atom stereocenters. The molecule has 0 aliphatic heterocycles. The Morgan fingerprint density at radius 2 is 1.89 bits per heavy atom. The first-order valence-corrected chi connectivity index (χ1v) is 12.4. The molecule has 0 spiro atoms. The summed E-state index contributed by atoms with van der Waals surface area (Å²) in [6.07, 6.45) is 1.74. The van der Waals surface area contributed by atoms with E-state index in [1.807, 2.05) is 26.0 Å². The van der Waals surface area contributed by atoms with E-state index in [0.29, 0.717) is 23.5 Å². The lowest BCUT2D eigenvalue weighted by atomic mass is 9.98. The average Bonchev–Trinajstić information content (AvgIpc) is 3.30. The maximum atomic E-state index is 15.8. The Kier molecular flexibility index (Phi) is 7.59. The molecule has 10 heteroatoms. The van der Waals surface area contributed by atoms with Gasteiger partial charge in [-0.05, 0) is 48.4 Å². The molecule has 0 radical (unpaired) electrons. The minimum absolute atomic E-state index is 0.138. The molecule has 4 aromatic rings. The second-order valence-corrected chi connectivity index (χ2v) is 9.45. The van der Waals surface area contributed by atoms with Gasteiger partial charge in [0.1, 0.15) is 17.1 Å². The summed E-state index contributed by atoms with van der Waals surface area (Å²) in [7, 11) is 1.44. The van der Waals surface area contributed by atoms with Crippen molar-refractivity contribution in [2.24, 2.45) is 5.92 Å². The lowest BCUT2D eigenvalue weighted by molar-refractivity contribution is 0.0425. The third kappa shape index (κ3) is 5.80. The van der Waals surface area contributed by atoms with Gasteiger partial charge in [0.15, 0.2) is 0 Å². The molecule has 37 heavy (non-hydrogen) atoms. The van der Waals surface area contributed by atoms with Crippen LogP contribution in [0.25, 0.3) is 16.6 Å². The Bertz CT molecular complexity index is 1500. The van der Waals surface area contributed by atoms with Crippen LogP contribution in [0, 0.1) is 17.2 Å². The summed E-state index contributed by atoms with van der Waals surface area (Å²) in [5, 5.41) is 11.1. The summed E-state index contributed by atoms with van der Waals surface area (Å²) in [6, 6.07) is 18.6. The van der Waals surface area contributed by atoms with Crippen LogP contribution in [0.4, 0.5) is 14.5 Å². The highest BCUT2D eigenvalue weighted by atomic mass is 32.2. The van der Waals surface area contributed by atoms with E-state index in [9.17, 15) is 14.0 Å². The molecule has 1 aromatic heterocycles. The second-order valence-electron chi connectivity index (χ2n) is 8.89. The second kappa shape index (κ2) is 10.7. The van der Waals surface area contributed by atoms with Crippen molar-refractivity contribution in [3.63, 3.8) is 0 Å². The van der Waals surface area contributed by atoms with Crippen molar-refractivity contribution < 1.29 is 26.6 Å². The highest BCUT2D eigenvalue weighted by Gasteiger charge is 2.35. The number of rotatable bonds is 9. The van der Waals surface area contributed by atoms with Crippen molar-refractivity contribution in [3.05, 3.63) is 89.6 Å². The van der Waals surface area contributed by atoms with Gasteiger partial charge < -0.3 is 13.9 Å². The third-order valence-electron chi connectivity index (χ3n) is 5.68. The first-order chi connectivity index (χ1) is 17.6. The number of nitrogens with zero attached hydrogens (tertiary/aromatic N) is 3. The Labute approximate surface area is 215 Å². The zero-order valence-electron chi connectivity index (χ0n) is 20.4. The fraction of sp³-hybridized carbons (Fsp3) is 0.222. The van der Waals surface area contributed by atoms with E-state index < -0.39 is 17.3 Å². The molecular weight excluding hydrogens is 500 g/mol. The van der Waals surface area contributed by atoms with Gasteiger partial charge in [-0.3, -0.25) is 0 Å². The summed E-state index contributed by atoms with van der Waals surface area (Å²) < 4.78 is 65.7. The molecule has 3 aromatic carbocycles. The topological polar surface area (TPSA) is 90.6 Å². The first kappa shape index (κ1) is 26.3. The predicted molar refractivity (Wildman–Crippen MR) is 136 cm³/mol. The fourth-order valence-corrected chi connectivity index (χ4v) is 4.14. The van der Waals surface area contributed by atoms with Crippen molar-refractivity contribution in [1.29, 1.82) is 5.26 Å². The quantitative estimate of drug-likeness (QED) is 0.202.